The number of aromatic nitrogens is 1. The van der Waals surface area contributed by atoms with Crippen LogP contribution in [0.3, 0.4) is 0 Å². The van der Waals surface area contributed by atoms with Crippen molar-refractivity contribution in [3.8, 4) is 33.4 Å². The lowest BCUT2D eigenvalue weighted by Gasteiger charge is -2.15. The summed E-state index contributed by atoms with van der Waals surface area (Å²) in [5, 5.41) is 3.19. The number of aromatic amines is 1. The van der Waals surface area contributed by atoms with Crippen LogP contribution < -0.4 is 0 Å². The predicted molar refractivity (Wildman–Crippen MR) is 142 cm³/mol. The van der Waals surface area contributed by atoms with E-state index in [1.807, 2.05) is 60.7 Å². The number of rotatable bonds is 3. The Labute approximate surface area is 206 Å². The fraction of sp³-hybridized carbons (Fsp3) is 0. The Hall–Kier alpha value is -3.59. The first-order chi connectivity index (χ1) is 16.6. The van der Waals surface area contributed by atoms with Crippen LogP contribution in [-0.2, 0) is 0 Å². The van der Waals surface area contributed by atoms with Gasteiger partial charge in [0, 0.05) is 32.4 Å². The van der Waals surface area contributed by atoms with Crippen LogP contribution in [0.5, 0.6) is 0 Å². The average Bonchev–Trinajstić information content (AvgIpc) is 3.23. The van der Waals surface area contributed by atoms with Gasteiger partial charge in [0.05, 0.1) is 10.5 Å². The summed E-state index contributed by atoms with van der Waals surface area (Å²) < 4.78 is 14.8. The zero-order chi connectivity index (χ0) is 23.2. The first-order valence-corrected chi connectivity index (χ1v) is 11.7. The van der Waals surface area contributed by atoms with Crippen molar-refractivity contribution in [3.05, 3.63) is 119 Å². The first-order valence-electron chi connectivity index (χ1n) is 10.9. The van der Waals surface area contributed by atoms with Crippen LogP contribution >= 0.6 is 23.2 Å². The number of halogens is 3. The molecule has 0 aliphatic heterocycles. The van der Waals surface area contributed by atoms with E-state index < -0.39 is 0 Å². The third kappa shape index (κ3) is 3.38. The summed E-state index contributed by atoms with van der Waals surface area (Å²) in [7, 11) is 0. The average molecular weight is 482 g/mol. The molecule has 0 saturated carbocycles. The molecule has 0 bridgehead atoms. The molecule has 0 amide bonds. The van der Waals surface area contributed by atoms with Gasteiger partial charge in [-0.1, -0.05) is 108 Å². The Morgan fingerprint density at radius 3 is 1.74 bits per heavy atom. The Morgan fingerprint density at radius 1 is 0.559 bits per heavy atom. The topological polar surface area (TPSA) is 15.8 Å². The van der Waals surface area contributed by atoms with Crippen molar-refractivity contribution in [2.45, 2.75) is 0 Å². The van der Waals surface area contributed by atoms with Crippen molar-refractivity contribution < 1.29 is 4.39 Å². The summed E-state index contributed by atoms with van der Waals surface area (Å²) in [6, 6.07) is 32.9. The molecule has 0 aliphatic carbocycles. The van der Waals surface area contributed by atoms with Crippen molar-refractivity contribution in [2.75, 3.05) is 0 Å². The molecule has 34 heavy (non-hydrogen) atoms. The van der Waals surface area contributed by atoms with Crippen LogP contribution in [0.4, 0.5) is 4.39 Å². The fourth-order valence-electron chi connectivity index (χ4n) is 4.79. The number of hydrogen-bond donors (Lipinski definition) is 1. The number of nitrogens with one attached hydrogen (secondary N) is 1. The molecule has 4 heteroatoms. The lowest BCUT2D eigenvalue weighted by molar-refractivity contribution is 0.631. The smallest absolute Gasteiger partial charge is 0.131 e. The first kappa shape index (κ1) is 21.0. The molecule has 0 radical (unpaired) electrons. The third-order valence-electron chi connectivity index (χ3n) is 6.25. The van der Waals surface area contributed by atoms with Crippen molar-refractivity contribution >= 4 is 45.0 Å². The molecule has 0 unspecified atom stereocenters. The molecule has 0 fully saturated rings. The molecule has 1 aromatic heterocycles. The summed E-state index contributed by atoms with van der Waals surface area (Å²) in [5.41, 5.74) is 7.39. The van der Waals surface area contributed by atoms with E-state index in [1.54, 1.807) is 12.1 Å². The molecule has 5 aromatic carbocycles. The van der Waals surface area contributed by atoms with E-state index in [1.165, 1.54) is 6.07 Å². The molecule has 1 heterocycles. The molecule has 0 atom stereocenters. The third-order valence-corrected chi connectivity index (χ3v) is 6.76. The molecular weight excluding hydrogens is 464 g/mol. The van der Waals surface area contributed by atoms with Gasteiger partial charge in [0.25, 0.3) is 0 Å². The van der Waals surface area contributed by atoms with Gasteiger partial charge in [0.2, 0.25) is 0 Å². The Kier molecular flexibility index (Phi) is 5.13. The van der Waals surface area contributed by atoms with Gasteiger partial charge in [-0.15, -0.1) is 0 Å². The normalized spacial score (nSPS) is 11.4. The van der Waals surface area contributed by atoms with Gasteiger partial charge < -0.3 is 4.98 Å². The number of fused-ring (bicyclic) bond motifs is 3. The molecule has 6 rings (SSSR count). The number of para-hydroxylation sites is 1. The zero-order valence-electron chi connectivity index (χ0n) is 17.9. The van der Waals surface area contributed by atoms with Gasteiger partial charge in [-0.05, 0) is 40.5 Å². The SMILES string of the molecule is Fc1ccccc1-c1ccccc1-c1ccccc1-c1cccc2c1[nH]c1cc(Cl)cc(Cl)c12. The van der Waals surface area contributed by atoms with E-state index >= 15 is 0 Å². The standard InChI is InChI=1S/C30H18Cl2FN/c31-18-16-26(32)29-25-14-7-13-24(30(25)34-28(29)17-18)22-11-4-2-9-20(22)19-8-1-3-10-21(19)23-12-5-6-15-27(23)33/h1-17,34H. The number of H-pyrrole nitrogens is 1. The van der Waals surface area contributed by atoms with Crippen LogP contribution in [0.2, 0.25) is 10.0 Å². The Balaban J connectivity index is 1.63. The van der Waals surface area contributed by atoms with Gasteiger partial charge in [-0.2, -0.15) is 0 Å². The maximum absolute atomic E-state index is 14.8. The maximum atomic E-state index is 14.8. The molecule has 6 aromatic rings. The highest BCUT2D eigenvalue weighted by molar-refractivity contribution is 6.40. The second-order valence-corrected chi connectivity index (χ2v) is 9.08. The summed E-state index contributed by atoms with van der Waals surface area (Å²) in [4.78, 5) is 3.53. The lowest BCUT2D eigenvalue weighted by Crippen LogP contribution is -1.91. The van der Waals surface area contributed by atoms with Crippen LogP contribution in [0.25, 0.3) is 55.2 Å². The van der Waals surface area contributed by atoms with E-state index in [2.05, 4.69) is 29.2 Å². The predicted octanol–water partition coefficient (Wildman–Crippen LogP) is 9.77. The molecular formula is C30H18Cl2FN. The van der Waals surface area contributed by atoms with E-state index in [9.17, 15) is 4.39 Å². The number of hydrogen-bond acceptors (Lipinski definition) is 0. The van der Waals surface area contributed by atoms with Crippen LogP contribution in [0, 0.1) is 5.82 Å². The van der Waals surface area contributed by atoms with E-state index in [-0.39, 0.29) is 5.82 Å². The monoisotopic (exact) mass is 481 g/mol. The maximum Gasteiger partial charge on any atom is 0.131 e. The van der Waals surface area contributed by atoms with Gasteiger partial charge >= 0.3 is 0 Å². The minimum absolute atomic E-state index is 0.239. The van der Waals surface area contributed by atoms with E-state index in [0.717, 1.165) is 49.6 Å². The van der Waals surface area contributed by atoms with Crippen molar-refractivity contribution in [1.82, 2.24) is 4.98 Å². The second kappa shape index (κ2) is 8.32. The summed E-state index contributed by atoms with van der Waals surface area (Å²) >= 11 is 12.8. The second-order valence-electron chi connectivity index (χ2n) is 8.23. The molecule has 164 valence electrons. The van der Waals surface area contributed by atoms with E-state index in [4.69, 9.17) is 23.2 Å². The van der Waals surface area contributed by atoms with Gasteiger partial charge in [0.1, 0.15) is 5.82 Å². The van der Waals surface area contributed by atoms with Crippen molar-refractivity contribution in [3.63, 3.8) is 0 Å². The number of benzene rings is 5. The summed E-state index contributed by atoms with van der Waals surface area (Å²) in [6.07, 6.45) is 0. The Bertz CT molecular complexity index is 1700. The molecule has 1 nitrogen and oxygen atoms in total. The highest BCUT2D eigenvalue weighted by Crippen LogP contribution is 2.42. The van der Waals surface area contributed by atoms with Gasteiger partial charge in [0.15, 0.2) is 0 Å². The molecule has 1 N–H and O–H groups in total. The zero-order valence-corrected chi connectivity index (χ0v) is 19.5. The van der Waals surface area contributed by atoms with Gasteiger partial charge in [-0.25, -0.2) is 4.39 Å². The van der Waals surface area contributed by atoms with Gasteiger partial charge in [-0.3, -0.25) is 0 Å². The minimum atomic E-state index is -0.239. The molecule has 0 aliphatic rings. The molecule has 0 spiro atoms. The lowest BCUT2D eigenvalue weighted by atomic mass is 9.89. The van der Waals surface area contributed by atoms with Crippen molar-refractivity contribution in [1.29, 1.82) is 0 Å². The Morgan fingerprint density at radius 2 is 1.09 bits per heavy atom. The van der Waals surface area contributed by atoms with E-state index in [0.29, 0.717) is 15.6 Å². The van der Waals surface area contributed by atoms with Crippen molar-refractivity contribution in [2.24, 2.45) is 0 Å². The molecule has 0 saturated heterocycles. The quantitative estimate of drug-likeness (QED) is 0.258. The highest BCUT2D eigenvalue weighted by atomic mass is 35.5. The van der Waals surface area contributed by atoms with Crippen LogP contribution in [0.1, 0.15) is 0 Å². The highest BCUT2D eigenvalue weighted by Gasteiger charge is 2.17. The minimum Gasteiger partial charge on any atom is -0.354 e. The summed E-state index contributed by atoms with van der Waals surface area (Å²) in [5.74, 6) is -0.239. The van der Waals surface area contributed by atoms with Crippen LogP contribution in [-0.4, -0.2) is 4.98 Å². The fourth-order valence-corrected chi connectivity index (χ4v) is 5.38. The van der Waals surface area contributed by atoms with Crippen LogP contribution in [0.15, 0.2) is 103 Å². The largest absolute Gasteiger partial charge is 0.354 e. The summed E-state index contributed by atoms with van der Waals surface area (Å²) in [6.45, 7) is 0.